The van der Waals surface area contributed by atoms with Crippen LogP contribution in [-0.4, -0.2) is 10.9 Å². The first-order valence-electron chi connectivity index (χ1n) is 8.14. The molecule has 0 spiro atoms. The van der Waals surface area contributed by atoms with Crippen LogP contribution in [0.25, 0.3) is 20.8 Å². The van der Waals surface area contributed by atoms with Crippen LogP contribution in [0.1, 0.15) is 15.9 Å². The van der Waals surface area contributed by atoms with Gasteiger partial charge in [0.05, 0.1) is 10.2 Å². The van der Waals surface area contributed by atoms with Gasteiger partial charge in [-0.15, -0.1) is 11.3 Å². The van der Waals surface area contributed by atoms with E-state index in [1.807, 2.05) is 55.5 Å². The maximum absolute atomic E-state index is 12.5. The molecule has 1 aromatic heterocycles. The zero-order valence-electron chi connectivity index (χ0n) is 14.0. The van der Waals surface area contributed by atoms with Crippen molar-refractivity contribution in [1.29, 1.82) is 0 Å². The highest BCUT2D eigenvalue weighted by atomic mass is 79.9. The van der Waals surface area contributed by atoms with Crippen LogP contribution in [0.5, 0.6) is 0 Å². The number of thiazole rings is 1. The summed E-state index contributed by atoms with van der Waals surface area (Å²) in [6.45, 7) is 2.01. The molecule has 0 atom stereocenters. The largest absolute Gasteiger partial charge is 0.322 e. The zero-order chi connectivity index (χ0) is 18.1. The van der Waals surface area contributed by atoms with E-state index in [9.17, 15) is 4.79 Å². The first-order chi connectivity index (χ1) is 12.6. The highest BCUT2D eigenvalue weighted by molar-refractivity contribution is 9.10. The summed E-state index contributed by atoms with van der Waals surface area (Å²) < 4.78 is 2.11. The molecule has 0 aliphatic carbocycles. The molecule has 3 aromatic carbocycles. The van der Waals surface area contributed by atoms with Crippen LogP contribution in [-0.2, 0) is 0 Å². The minimum Gasteiger partial charge on any atom is -0.322 e. The van der Waals surface area contributed by atoms with Gasteiger partial charge in [0.1, 0.15) is 5.01 Å². The number of hydrogen-bond donors (Lipinski definition) is 1. The van der Waals surface area contributed by atoms with Crippen molar-refractivity contribution in [3.05, 3.63) is 82.3 Å². The summed E-state index contributed by atoms with van der Waals surface area (Å²) in [5, 5.41) is 3.97. The quantitative estimate of drug-likeness (QED) is 0.421. The Bertz CT molecular complexity index is 1070. The van der Waals surface area contributed by atoms with E-state index in [2.05, 4.69) is 27.3 Å². The average Bonchev–Trinajstić information content (AvgIpc) is 3.08. The van der Waals surface area contributed by atoms with Crippen LogP contribution < -0.4 is 5.32 Å². The van der Waals surface area contributed by atoms with Crippen molar-refractivity contribution in [3.63, 3.8) is 0 Å². The third kappa shape index (κ3) is 3.28. The number of nitrogens with one attached hydrogen (secondary N) is 1. The molecular formula is C21H15BrN2OS. The van der Waals surface area contributed by atoms with Crippen LogP contribution in [0.4, 0.5) is 5.69 Å². The fourth-order valence-electron chi connectivity index (χ4n) is 2.79. The molecule has 0 aliphatic heterocycles. The number of para-hydroxylation sites is 1. The SMILES string of the molecule is Cc1c(NC(=O)c2ccc(Br)cc2)cccc1-c1nc2ccccc2s1. The maximum Gasteiger partial charge on any atom is 0.255 e. The second-order valence-corrected chi connectivity index (χ2v) is 7.87. The Kier molecular flexibility index (Phi) is 4.57. The number of rotatable bonds is 3. The minimum absolute atomic E-state index is 0.123. The molecule has 1 N–H and O–H groups in total. The highest BCUT2D eigenvalue weighted by Gasteiger charge is 2.13. The molecule has 0 unspecified atom stereocenters. The molecule has 1 amide bonds. The first-order valence-corrected chi connectivity index (χ1v) is 9.75. The van der Waals surface area contributed by atoms with Crippen LogP contribution in [0.2, 0.25) is 0 Å². The normalized spacial score (nSPS) is 10.8. The molecule has 0 radical (unpaired) electrons. The summed E-state index contributed by atoms with van der Waals surface area (Å²) in [6, 6.07) is 21.3. The molecule has 5 heteroatoms. The molecule has 4 rings (SSSR count). The Morgan fingerprint density at radius 1 is 1.00 bits per heavy atom. The molecule has 0 fully saturated rings. The standard InChI is InChI=1S/C21H15BrN2OS/c1-13-16(21-24-18-6-2-3-8-19(18)26-21)5-4-7-17(13)23-20(25)14-9-11-15(22)12-10-14/h2-12H,1H3,(H,23,25). The maximum atomic E-state index is 12.5. The van der Waals surface area contributed by atoms with Crippen molar-refractivity contribution in [1.82, 2.24) is 4.98 Å². The summed E-state index contributed by atoms with van der Waals surface area (Å²) in [5.41, 5.74) is 4.47. The Labute approximate surface area is 163 Å². The Hall–Kier alpha value is -2.50. The molecule has 0 bridgehead atoms. The number of fused-ring (bicyclic) bond motifs is 1. The topological polar surface area (TPSA) is 42.0 Å². The zero-order valence-corrected chi connectivity index (χ0v) is 16.4. The van der Waals surface area contributed by atoms with E-state index in [-0.39, 0.29) is 5.91 Å². The predicted molar refractivity (Wildman–Crippen MR) is 112 cm³/mol. The Morgan fingerprint density at radius 3 is 2.54 bits per heavy atom. The number of benzene rings is 3. The van der Waals surface area contributed by atoms with Gasteiger partial charge < -0.3 is 5.32 Å². The van der Waals surface area contributed by atoms with Gasteiger partial charge in [-0.1, -0.05) is 40.2 Å². The highest BCUT2D eigenvalue weighted by Crippen LogP contribution is 2.34. The van der Waals surface area contributed by atoms with Gasteiger partial charge in [0.2, 0.25) is 0 Å². The number of amides is 1. The van der Waals surface area contributed by atoms with Crippen molar-refractivity contribution >= 4 is 49.1 Å². The van der Waals surface area contributed by atoms with Crippen LogP contribution in [0.3, 0.4) is 0 Å². The number of hydrogen-bond acceptors (Lipinski definition) is 3. The molecule has 3 nitrogen and oxygen atoms in total. The Morgan fingerprint density at radius 2 is 1.77 bits per heavy atom. The second-order valence-electron chi connectivity index (χ2n) is 5.93. The molecule has 26 heavy (non-hydrogen) atoms. The van der Waals surface area contributed by atoms with Gasteiger partial charge in [-0.05, 0) is 55.0 Å². The van der Waals surface area contributed by atoms with Crippen LogP contribution in [0.15, 0.2) is 71.2 Å². The number of anilines is 1. The lowest BCUT2D eigenvalue weighted by Crippen LogP contribution is -2.12. The monoisotopic (exact) mass is 422 g/mol. The molecule has 1 heterocycles. The number of aromatic nitrogens is 1. The second kappa shape index (κ2) is 7.02. The summed E-state index contributed by atoms with van der Waals surface area (Å²) in [4.78, 5) is 17.3. The van der Waals surface area contributed by atoms with Crippen LogP contribution >= 0.6 is 27.3 Å². The van der Waals surface area contributed by atoms with E-state index in [1.165, 1.54) is 0 Å². The first kappa shape index (κ1) is 16.9. The molecular weight excluding hydrogens is 408 g/mol. The third-order valence-corrected chi connectivity index (χ3v) is 5.81. The number of halogens is 1. The lowest BCUT2D eigenvalue weighted by molar-refractivity contribution is 0.102. The van der Waals surface area contributed by atoms with Gasteiger partial charge in [0.25, 0.3) is 5.91 Å². The van der Waals surface area contributed by atoms with Gasteiger partial charge in [-0.2, -0.15) is 0 Å². The van der Waals surface area contributed by atoms with Crippen molar-refractivity contribution in [3.8, 4) is 10.6 Å². The lowest BCUT2D eigenvalue weighted by atomic mass is 10.1. The number of carbonyl (C=O) groups is 1. The van der Waals surface area contributed by atoms with Crippen molar-refractivity contribution < 1.29 is 4.79 Å². The van der Waals surface area contributed by atoms with E-state index in [0.717, 1.165) is 36.5 Å². The average molecular weight is 423 g/mol. The van der Waals surface area contributed by atoms with E-state index in [0.29, 0.717) is 5.56 Å². The predicted octanol–water partition coefficient (Wildman–Crippen LogP) is 6.29. The molecule has 4 aromatic rings. The van der Waals surface area contributed by atoms with Gasteiger partial charge in [-0.3, -0.25) is 4.79 Å². The fraction of sp³-hybridized carbons (Fsp3) is 0.0476. The molecule has 0 saturated carbocycles. The van der Waals surface area contributed by atoms with E-state index in [1.54, 1.807) is 23.5 Å². The summed E-state index contributed by atoms with van der Waals surface area (Å²) in [7, 11) is 0. The van der Waals surface area contributed by atoms with Gasteiger partial charge >= 0.3 is 0 Å². The number of nitrogens with zero attached hydrogens (tertiary/aromatic N) is 1. The molecule has 128 valence electrons. The van der Waals surface area contributed by atoms with Gasteiger partial charge in [0.15, 0.2) is 0 Å². The van der Waals surface area contributed by atoms with Crippen molar-refractivity contribution in [2.24, 2.45) is 0 Å². The van der Waals surface area contributed by atoms with E-state index < -0.39 is 0 Å². The lowest BCUT2D eigenvalue weighted by Gasteiger charge is -2.11. The van der Waals surface area contributed by atoms with Crippen molar-refractivity contribution in [2.45, 2.75) is 6.92 Å². The van der Waals surface area contributed by atoms with E-state index >= 15 is 0 Å². The fourth-order valence-corrected chi connectivity index (χ4v) is 4.10. The molecule has 0 aliphatic rings. The van der Waals surface area contributed by atoms with Crippen molar-refractivity contribution in [2.75, 3.05) is 5.32 Å². The third-order valence-electron chi connectivity index (χ3n) is 4.21. The van der Waals surface area contributed by atoms with Crippen LogP contribution in [0, 0.1) is 6.92 Å². The summed E-state index contributed by atoms with van der Waals surface area (Å²) in [6.07, 6.45) is 0. The van der Waals surface area contributed by atoms with Gasteiger partial charge in [0, 0.05) is 21.3 Å². The van der Waals surface area contributed by atoms with E-state index in [4.69, 9.17) is 4.98 Å². The summed E-state index contributed by atoms with van der Waals surface area (Å²) in [5.74, 6) is -0.123. The Balaban J connectivity index is 1.67. The minimum atomic E-state index is -0.123. The smallest absolute Gasteiger partial charge is 0.255 e. The summed E-state index contributed by atoms with van der Waals surface area (Å²) >= 11 is 5.05. The number of carbonyl (C=O) groups excluding carboxylic acids is 1. The van der Waals surface area contributed by atoms with Gasteiger partial charge in [-0.25, -0.2) is 4.98 Å². The molecule has 0 saturated heterocycles.